The molecule has 30 heavy (non-hydrogen) atoms. The van der Waals surface area contributed by atoms with E-state index in [4.69, 9.17) is 14.6 Å². The van der Waals surface area contributed by atoms with Crippen molar-refractivity contribution in [1.29, 1.82) is 0 Å². The Balaban J connectivity index is 3.68. The van der Waals surface area contributed by atoms with Gasteiger partial charge >= 0.3 is 11.9 Å². The lowest BCUT2D eigenvalue weighted by atomic mass is 10.1. The Hall–Kier alpha value is -1.44. The third kappa shape index (κ3) is 17.4. The fourth-order valence-electron chi connectivity index (χ4n) is 2.98. The van der Waals surface area contributed by atoms with Crippen LogP contribution in [0.4, 0.5) is 0 Å². The van der Waals surface area contributed by atoms with Crippen LogP contribution in [0.1, 0.15) is 97.3 Å². The van der Waals surface area contributed by atoms with E-state index < -0.39 is 30.9 Å². The van der Waals surface area contributed by atoms with Gasteiger partial charge in [-0.05, 0) is 32.1 Å². The number of carbonyl (C=O) groups is 2. The summed E-state index contributed by atoms with van der Waals surface area (Å²) in [6.07, 6.45) is 13.3. The molecule has 0 heterocycles. The van der Waals surface area contributed by atoms with Crippen LogP contribution < -0.4 is 0 Å². The van der Waals surface area contributed by atoms with Crippen LogP contribution in [0.25, 0.3) is 0 Å². The first-order chi connectivity index (χ1) is 14.4. The van der Waals surface area contributed by atoms with Gasteiger partial charge in [0, 0.05) is 13.3 Å². The van der Waals surface area contributed by atoms with Crippen molar-refractivity contribution < 1.29 is 34.4 Å². The molecule has 0 fully saturated rings. The standard InChI is InChI=1S/C23H42O7/c1-3-4-5-12-15-20(26)16-13-10-8-6-7-9-11-14-17-22(28)30-23(21(27)18-24)29-19(2)25/h10,13,20-21,23-24,26-27H,3-9,11-12,14-18H2,1-2H3/b13-10-. The Morgan fingerprint density at radius 3 is 2.23 bits per heavy atom. The summed E-state index contributed by atoms with van der Waals surface area (Å²) in [5.74, 6) is -1.26. The van der Waals surface area contributed by atoms with Crippen LogP contribution in [0.3, 0.4) is 0 Å². The summed E-state index contributed by atoms with van der Waals surface area (Å²) < 4.78 is 9.62. The van der Waals surface area contributed by atoms with E-state index >= 15 is 0 Å². The Labute approximate surface area is 181 Å². The predicted molar refractivity (Wildman–Crippen MR) is 116 cm³/mol. The summed E-state index contributed by atoms with van der Waals surface area (Å²) >= 11 is 0. The summed E-state index contributed by atoms with van der Waals surface area (Å²) in [5, 5.41) is 28.3. The van der Waals surface area contributed by atoms with Crippen molar-refractivity contribution in [3.63, 3.8) is 0 Å². The number of esters is 2. The van der Waals surface area contributed by atoms with Crippen LogP contribution in [0.15, 0.2) is 12.2 Å². The first-order valence-electron chi connectivity index (χ1n) is 11.4. The van der Waals surface area contributed by atoms with E-state index in [0.29, 0.717) is 6.42 Å². The second kappa shape index (κ2) is 19.5. The highest BCUT2D eigenvalue weighted by Crippen LogP contribution is 2.12. The van der Waals surface area contributed by atoms with Gasteiger partial charge in [0.25, 0.3) is 6.29 Å². The van der Waals surface area contributed by atoms with Crippen LogP contribution in [-0.4, -0.2) is 52.4 Å². The highest BCUT2D eigenvalue weighted by Gasteiger charge is 2.25. The molecular formula is C23H42O7. The number of carbonyl (C=O) groups excluding carboxylic acids is 2. The number of unbranched alkanes of at least 4 members (excludes halogenated alkanes) is 8. The fourth-order valence-corrected chi connectivity index (χ4v) is 2.98. The second-order valence-electron chi connectivity index (χ2n) is 7.73. The minimum Gasteiger partial charge on any atom is -0.422 e. The third-order valence-corrected chi connectivity index (χ3v) is 4.75. The molecule has 0 radical (unpaired) electrons. The molecule has 7 nitrogen and oxygen atoms in total. The average molecular weight is 431 g/mol. The van der Waals surface area contributed by atoms with Crippen molar-refractivity contribution in [2.24, 2.45) is 0 Å². The molecule has 0 amide bonds. The van der Waals surface area contributed by atoms with E-state index in [9.17, 15) is 19.8 Å². The lowest BCUT2D eigenvalue weighted by Gasteiger charge is -2.20. The van der Waals surface area contributed by atoms with E-state index in [2.05, 4.69) is 19.1 Å². The Bertz CT molecular complexity index is 464. The van der Waals surface area contributed by atoms with Crippen LogP contribution in [-0.2, 0) is 19.1 Å². The van der Waals surface area contributed by atoms with Gasteiger partial charge in [-0.1, -0.05) is 64.0 Å². The van der Waals surface area contributed by atoms with E-state index in [1.54, 1.807) is 0 Å². The van der Waals surface area contributed by atoms with E-state index in [-0.39, 0.29) is 12.5 Å². The number of rotatable bonds is 19. The van der Waals surface area contributed by atoms with Gasteiger partial charge in [0.1, 0.15) is 0 Å². The summed E-state index contributed by atoms with van der Waals surface area (Å²) in [4.78, 5) is 22.7. The van der Waals surface area contributed by atoms with Gasteiger partial charge in [-0.15, -0.1) is 0 Å². The van der Waals surface area contributed by atoms with Crippen molar-refractivity contribution in [2.45, 2.75) is 116 Å². The molecule has 7 heteroatoms. The molecule has 0 aliphatic carbocycles. The molecule has 176 valence electrons. The average Bonchev–Trinajstić information content (AvgIpc) is 2.71. The zero-order valence-electron chi connectivity index (χ0n) is 18.8. The van der Waals surface area contributed by atoms with Gasteiger partial charge in [-0.2, -0.15) is 0 Å². The number of aliphatic hydroxyl groups is 3. The maximum Gasteiger partial charge on any atom is 0.308 e. The second-order valence-corrected chi connectivity index (χ2v) is 7.73. The highest BCUT2D eigenvalue weighted by atomic mass is 16.7. The molecule has 0 saturated carbocycles. The van der Waals surface area contributed by atoms with Gasteiger partial charge in [0.2, 0.25) is 0 Å². The molecule has 3 N–H and O–H groups in total. The Kier molecular flexibility index (Phi) is 18.6. The van der Waals surface area contributed by atoms with Gasteiger partial charge in [-0.3, -0.25) is 9.59 Å². The minimum absolute atomic E-state index is 0.173. The largest absolute Gasteiger partial charge is 0.422 e. The third-order valence-electron chi connectivity index (χ3n) is 4.75. The fraction of sp³-hybridized carbons (Fsp3) is 0.826. The zero-order valence-corrected chi connectivity index (χ0v) is 18.8. The quantitative estimate of drug-likeness (QED) is 0.124. The summed E-state index contributed by atoms with van der Waals surface area (Å²) in [5.41, 5.74) is 0. The Morgan fingerprint density at radius 1 is 0.900 bits per heavy atom. The number of aliphatic hydroxyl groups excluding tert-OH is 3. The molecule has 3 unspecified atom stereocenters. The molecule has 0 aromatic heterocycles. The summed E-state index contributed by atoms with van der Waals surface area (Å²) in [6, 6.07) is 0. The van der Waals surface area contributed by atoms with Crippen molar-refractivity contribution in [1.82, 2.24) is 0 Å². The maximum absolute atomic E-state index is 11.8. The lowest BCUT2D eigenvalue weighted by molar-refractivity contribution is -0.208. The molecule has 0 bridgehead atoms. The predicted octanol–water partition coefficient (Wildman–Crippen LogP) is 3.78. The number of allylic oxidation sites excluding steroid dienone is 1. The smallest absolute Gasteiger partial charge is 0.308 e. The van der Waals surface area contributed by atoms with Gasteiger partial charge in [0.05, 0.1) is 12.7 Å². The van der Waals surface area contributed by atoms with E-state index in [1.807, 2.05) is 0 Å². The molecule has 0 aliphatic rings. The lowest BCUT2D eigenvalue weighted by Crippen LogP contribution is -2.37. The van der Waals surface area contributed by atoms with Crippen molar-refractivity contribution in [2.75, 3.05) is 6.61 Å². The van der Waals surface area contributed by atoms with Gasteiger partial charge in [-0.25, -0.2) is 0 Å². The Morgan fingerprint density at radius 2 is 1.57 bits per heavy atom. The molecule has 3 atom stereocenters. The first-order valence-corrected chi connectivity index (χ1v) is 11.4. The molecule has 0 spiro atoms. The van der Waals surface area contributed by atoms with Gasteiger partial charge < -0.3 is 24.8 Å². The van der Waals surface area contributed by atoms with E-state index in [1.165, 1.54) is 19.3 Å². The number of hydrogen-bond acceptors (Lipinski definition) is 7. The molecule has 0 aromatic carbocycles. The molecular weight excluding hydrogens is 388 g/mol. The van der Waals surface area contributed by atoms with Crippen LogP contribution >= 0.6 is 0 Å². The normalized spacial score (nSPS) is 14.4. The van der Waals surface area contributed by atoms with Crippen molar-refractivity contribution >= 4 is 11.9 Å². The van der Waals surface area contributed by atoms with Crippen molar-refractivity contribution in [3.8, 4) is 0 Å². The SMILES string of the molecule is CCCCCCC(O)C/C=C\CCCCCCCC(=O)OC(OC(C)=O)C(O)CO. The van der Waals surface area contributed by atoms with Gasteiger partial charge in [0.15, 0.2) is 6.10 Å². The van der Waals surface area contributed by atoms with Crippen molar-refractivity contribution in [3.05, 3.63) is 12.2 Å². The maximum atomic E-state index is 11.8. The monoisotopic (exact) mass is 430 g/mol. The molecule has 0 aliphatic heterocycles. The van der Waals surface area contributed by atoms with Crippen LogP contribution in [0.2, 0.25) is 0 Å². The molecule has 0 aromatic rings. The highest BCUT2D eigenvalue weighted by molar-refractivity contribution is 5.70. The molecule has 0 saturated heterocycles. The summed E-state index contributed by atoms with van der Waals surface area (Å²) in [6.45, 7) is 2.65. The van der Waals surface area contributed by atoms with E-state index in [0.717, 1.165) is 58.3 Å². The molecule has 0 rings (SSSR count). The minimum atomic E-state index is -1.47. The zero-order chi connectivity index (χ0) is 22.6. The topological polar surface area (TPSA) is 113 Å². The van der Waals surface area contributed by atoms with Crippen LogP contribution in [0.5, 0.6) is 0 Å². The number of ether oxygens (including phenoxy) is 2. The van der Waals surface area contributed by atoms with Crippen LogP contribution in [0, 0.1) is 0 Å². The first kappa shape index (κ1) is 28.6. The summed E-state index contributed by atoms with van der Waals surface area (Å²) in [7, 11) is 0. The number of hydrogen-bond donors (Lipinski definition) is 3.